The number of ether oxygens (including phenoxy) is 1. The number of aromatic nitrogens is 2. The van der Waals surface area contributed by atoms with Crippen LogP contribution in [0.25, 0.3) is 5.52 Å². The number of sulfone groups is 1. The van der Waals surface area contributed by atoms with Crippen molar-refractivity contribution in [3.63, 3.8) is 0 Å². The lowest BCUT2D eigenvalue weighted by Crippen LogP contribution is -2.40. The Morgan fingerprint density at radius 1 is 1.14 bits per heavy atom. The Bertz CT molecular complexity index is 1160. The van der Waals surface area contributed by atoms with Gasteiger partial charge in [0, 0.05) is 24.7 Å². The van der Waals surface area contributed by atoms with Crippen LogP contribution in [0.3, 0.4) is 0 Å². The molecule has 0 radical (unpaired) electrons. The molecule has 3 aromatic rings. The minimum Gasteiger partial charge on any atom is -0.452 e. The highest BCUT2D eigenvalue weighted by atomic mass is 32.2. The van der Waals surface area contributed by atoms with Gasteiger partial charge in [0.25, 0.3) is 0 Å². The average molecular weight is 404 g/mol. The first-order chi connectivity index (χ1) is 13.3. The molecule has 8 nitrogen and oxygen atoms in total. The van der Waals surface area contributed by atoms with Crippen molar-refractivity contribution in [1.82, 2.24) is 9.61 Å². The molecule has 1 saturated heterocycles. The number of carbonyl (C=O) groups is 1. The number of amides is 1. The fraction of sp³-hybridized carbons (Fsp3) is 0.222. The Kier molecular flexibility index (Phi) is 4.42. The molecule has 1 aliphatic heterocycles. The van der Waals surface area contributed by atoms with Crippen molar-refractivity contribution in [2.24, 2.45) is 5.73 Å². The van der Waals surface area contributed by atoms with E-state index in [4.69, 9.17) is 10.5 Å². The van der Waals surface area contributed by atoms with Crippen LogP contribution >= 0.6 is 0 Å². The van der Waals surface area contributed by atoms with Crippen LogP contribution < -0.4 is 15.4 Å². The van der Waals surface area contributed by atoms with Crippen LogP contribution in [0.15, 0.2) is 42.7 Å². The van der Waals surface area contributed by atoms with Crippen LogP contribution in [0.2, 0.25) is 0 Å². The maximum atomic E-state index is 14.3. The molecule has 1 aliphatic rings. The molecule has 10 heteroatoms. The summed E-state index contributed by atoms with van der Waals surface area (Å²) in [5, 5.41) is 4.20. The number of anilines is 1. The molecule has 0 bridgehead atoms. The van der Waals surface area contributed by atoms with Gasteiger partial charge in [-0.05, 0) is 24.3 Å². The van der Waals surface area contributed by atoms with Crippen molar-refractivity contribution in [2.75, 3.05) is 29.5 Å². The fourth-order valence-corrected chi connectivity index (χ4v) is 4.26. The van der Waals surface area contributed by atoms with Gasteiger partial charge in [-0.2, -0.15) is 5.10 Å². The highest BCUT2D eigenvalue weighted by Crippen LogP contribution is 2.32. The SMILES string of the molecule is NC(=O)c1ccc(Oc2cc(N3CCS(=O)(=O)CC3)cn3nccc23)c(F)c1. The van der Waals surface area contributed by atoms with E-state index in [0.29, 0.717) is 24.4 Å². The second kappa shape index (κ2) is 6.79. The van der Waals surface area contributed by atoms with E-state index < -0.39 is 21.6 Å². The predicted molar refractivity (Wildman–Crippen MR) is 101 cm³/mol. The monoisotopic (exact) mass is 404 g/mol. The molecule has 2 N–H and O–H groups in total. The number of hydrogen-bond acceptors (Lipinski definition) is 6. The first kappa shape index (κ1) is 18.2. The second-order valence-electron chi connectivity index (χ2n) is 6.47. The summed E-state index contributed by atoms with van der Waals surface area (Å²) >= 11 is 0. The molecule has 28 heavy (non-hydrogen) atoms. The number of primary amides is 1. The zero-order valence-corrected chi connectivity index (χ0v) is 15.5. The Hall–Kier alpha value is -3.14. The number of halogens is 1. The third-order valence-electron chi connectivity index (χ3n) is 4.60. The molecule has 4 rings (SSSR count). The van der Waals surface area contributed by atoms with Crippen LogP contribution in [0.5, 0.6) is 11.5 Å². The molecule has 2 aromatic heterocycles. The van der Waals surface area contributed by atoms with Gasteiger partial charge in [-0.25, -0.2) is 17.3 Å². The maximum Gasteiger partial charge on any atom is 0.248 e. The molecule has 3 heterocycles. The van der Waals surface area contributed by atoms with Crippen molar-refractivity contribution in [2.45, 2.75) is 0 Å². The number of carbonyl (C=O) groups excluding carboxylic acids is 1. The first-order valence-corrected chi connectivity index (χ1v) is 10.3. The maximum absolute atomic E-state index is 14.3. The topological polar surface area (TPSA) is 107 Å². The molecule has 1 aromatic carbocycles. The quantitative estimate of drug-likeness (QED) is 0.708. The number of hydrogen-bond donors (Lipinski definition) is 1. The molecule has 1 amide bonds. The second-order valence-corrected chi connectivity index (χ2v) is 8.78. The smallest absolute Gasteiger partial charge is 0.248 e. The molecule has 0 aliphatic carbocycles. The Morgan fingerprint density at radius 3 is 2.57 bits per heavy atom. The van der Waals surface area contributed by atoms with Gasteiger partial charge < -0.3 is 15.4 Å². The Labute approximate surface area is 160 Å². The minimum absolute atomic E-state index is 0.0441. The highest BCUT2D eigenvalue weighted by Gasteiger charge is 2.23. The molecular formula is C18H17FN4O4S. The van der Waals surface area contributed by atoms with E-state index in [0.717, 1.165) is 11.8 Å². The summed E-state index contributed by atoms with van der Waals surface area (Å²) in [6.07, 6.45) is 3.35. The van der Waals surface area contributed by atoms with Crippen molar-refractivity contribution in [3.05, 3.63) is 54.1 Å². The molecule has 146 valence electrons. The number of nitrogens with zero attached hydrogens (tertiary/aromatic N) is 3. The number of rotatable bonds is 4. The van der Waals surface area contributed by atoms with Gasteiger partial charge in [-0.1, -0.05) is 0 Å². The van der Waals surface area contributed by atoms with Crippen LogP contribution in [0, 0.1) is 5.82 Å². The average Bonchev–Trinajstić information content (AvgIpc) is 3.12. The lowest BCUT2D eigenvalue weighted by Gasteiger charge is -2.29. The van der Waals surface area contributed by atoms with Crippen LogP contribution in [-0.4, -0.2) is 48.5 Å². The van der Waals surface area contributed by atoms with Gasteiger partial charge in [0.05, 0.1) is 29.6 Å². The van der Waals surface area contributed by atoms with E-state index in [1.807, 2.05) is 4.90 Å². The van der Waals surface area contributed by atoms with Crippen LogP contribution in [-0.2, 0) is 9.84 Å². The lowest BCUT2D eigenvalue weighted by molar-refractivity contribution is 0.1000. The molecule has 0 unspecified atom stereocenters. The van der Waals surface area contributed by atoms with Gasteiger partial charge >= 0.3 is 0 Å². The Morgan fingerprint density at radius 2 is 1.89 bits per heavy atom. The molecule has 0 atom stereocenters. The third-order valence-corrected chi connectivity index (χ3v) is 6.21. The lowest BCUT2D eigenvalue weighted by atomic mass is 10.2. The van der Waals surface area contributed by atoms with E-state index in [9.17, 15) is 17.6 Å². The minimum atomic E-state index is -3.01. The summed E-state index contributed by atoms with van der Waals surface area (Å²) < 4.78 is 45.0. The molecule has 1 fully saturated rings. The predicted octanol–water partition coefficient (Wildman–Crippen LogP) is 1.60. The number of benzene rings is 1. The Balaban J connectivity index is 1.69. The summed E-state index contributed by atoms with van der Waals surface area (Å²) in [6.45, 7) is 0.715. The van der Waals surface area contributed by atoms with E-state index in [1.54, 1.807) is 29.0 Å². The summed E-state index contributed by atoms with van der Waals surface area (Å²) in [4.78, 5) is 13.1. The summed E-state index contributed by atoms with van der Waals surface area (Å²) in [5.41, 5.74) is 6.54. The van der Waals surface area contributed by atoms with E-state index in [-0.39, 0.29) is 22.8 Å². The zero-order valence-electron chi connectivity index (χ0n) is 14.7. The van der Waals surface area contributed by atoms with Crippen LogP contribution in [0.4, 0.5) is 10.1 Å². The first-order valence-electron chi connectivity index (χ1n) is 8.52. The van der Waals surface area contributed by atoms with E-state index in [2.05, 4.69) is 5.10 Å². The van der Waals surface area contributed by atoms with Gasteiger partial charge in [0.2, 0.25) is 5.91 Å². The molecular weight excluding hydrogens is 387 g/mol. The third kappa shape index (κ3) is 3.50. The van der Waals surface area contributed by atoms with Crippen molar-refractivity contribution in [3.8, 4) is 11.5 Å². The highest BCUT2D eigenvalue weighted by molar-refractivity contribution is 7.91. The van der Waals surface area contributed by atoms with Gasteiger partial charge in [-0.15, -0.1) is 0 Å². The van der Waals surface area contributed by atoms with Crippen molar-refractivity contribution in [1.29, 1.82) is 0 Å². The van der Waals surface area contributed by atoms with Gasteiger partial charge in [-0.3, -0.25) is 4.79 Å². The van der Waals surface area contributed by atoms with E-state index in [1.165, 1.54) is 12.1 Å². The summed E-state index contributed by atoms with van der Waals surface area (Å²) in [6, 6.07) is 7.17. The standard InChI is InChI=1S/C18H17FN4O4S/c19-14-9-12(18(20)24)1-2-16(14)27-17-10-13(11-23-15(17)3-4-21-23)22-5-7-28(25,26)8-6-22/h1-4,9-11H,5-8H2,(H2,20,24). The van der Waals surface area contributed by atoms with Crippen LogP contribution in [0.1, 0.15) is 10.4 Å². The largest absolute Gasteiger partial charge is 0.452 e. The van der Waals surface area contributed by atoms with E-state index >= 15 is 0 Å². The number of nitrogens with two attached hydrogens (primary N) is 1. The van der Waals surface area contributed by atoms with Gasteiger partial charge in [0.15, 0.2) is 27.2 Å². The zero-order chi connectivity index (χ0) is 19.9. The molecule has 0 spiro atoms. The van der Waals surface area contributed by atoms with Crippen molar-refractivity contribution >= 4 is 26.9 Å². The molecule has 0 saturated carbocycles. The normalized spacial score (nSPS) is 16.2. The summed E-state index contributed by atoms with van der Waals surface area (Å²) in [5.74, 6) is -1.01. The van der Waals surface area contributed by atoms with Gasteiger partial charge in [0.1, 0.15) is 5.52 Å². The summed E-state index contributed by atoms with van der Waals surface area (Å²) in [7, 11) is -3.01. The fourth-order valence-electron chi connectivity index (χ4n) is 3.06. The number of fused-ring (bicyclic) bond motifs is 1. The number of pyridine rings is 1. The van der Waals surface area contributed by atoms with Crippen molar-refractivity contribution < 1.29 is 22.3 Å².